The molecule has 0 amide bonds. The van der Waals surface area contributed by atoms with Gasteiger partial charge in [0.05, 0.1) is 4.92 Å². The Morgan fingerprint density at radius 1 is 1.45 bits per heavy atom. The first-order valence-electron chi connectivity index (χ1n) is 6.41. The molecule has 114 valence electrons. The maximum atomic E-state index is 10.8. The minimum Gasteiger partial charge on any atom is -0.330 e. The Hall–Kier alpha value is -1.17. The van der Waals surface area contributed by atoms with E-state index in [2.05, 4.69) is 18.7 Å². The van der Waals surface area contributed by atoms with Gasteiger partial charge in [0.1, 0.15) is 0 Å². The van der Waals surface area contributed by atoms with E-state index in [9.17, 15) is 10.1 Å². The van der Waals surface area contributed by atoms with E-state index < -0.39 is 0 Å². The zero-order valence-electron chi connectivity index (χ0n) is 12.5. The molecule has 1 rings (SSSR count). The highest BCUT2D eigenvalue weighted by molar-refractivity contribution is 5.85. The first kappa shape index (κ1) is 18.8. The summed E-state index contributed by atoms with van der Waals surface area (Å²) in [5.41, 5.74) is 6.86. The number of nitrogens with zero attached hydrogens (tertiary/aromatic N) is 2. The van der Waals surface area contributed by atoms with Crippen molar-refractivity contribution in [1.82, 2.24) is 4.90 Å². The summed E-state index contributed by atoms with van der Waals surface area (Å²) in [7, 11) is 2.01. The van der Waals surface area contributed by atoms with Crippen molar-refractivity contribution in [3.05, 3.63) is 39.9 Å². The van der Waals surface area contributed by atoms with Gasteiger partial charge in [0.2, 0.25) is 0 Å². The molecule has 0 saturated heterocycles. The lowest BCUT2D eigenvalue weighted by molar-refractivity contribution is -0.384. The van der Waals surface area contributed by atoms with Crippen LogP contribution >= 0.6 is 12.4 Å². The summed E-state index contributed by atoms with van der Waals surface area (Å²) < 4.78 is 0. The fourth-order valence-corrected chi connectivity index (χ4v) is 2.03. The molecule has 2 N–H and O–H groups in total. The predicted molar refractivity (Wildman–Crippen MR) is 84.2 cm³/mol. The third-order valence-electron chi connectivity index (χ3n) is 3.45. The standard InChI is InChI=1S/C14H23N3O2.ClH/c1-11(16(4)10-14(2,3)9-15)12-6-5-7-13(8-12)17(18)19;/h5-8,11H,9-10,15H2,1-4H3;1H. The summed E-state index contributed by atoms with van der Waals surface area (Å²) in [6, 6.07) is 6.91. The highest BCUT2D eigenvalue weighted by Crippen LogP contribution is 2.25. The van der Waals surface area contributed by atoms with Gasteiger partial charge in [0.15, 0.2) is 0 Å². The fourth-order valence-electron chi connectivity index (χ4n) is 2.03. The van der Waals surface area contributed by atoms with Crippen molar-refractivity contribution < 1.29 is 4.92 Å². The Labute approximate surface area is 126 Å². The minimum atomic E-state index is -0.361. The van der Waals surface area contributed by atoms with E-state index in [1.54, 1.807) is 12.1 Å². The van der Waals surface area contributed by atoms with Crippen LogP contribution in [0.15, 0.2) is 24.3 Å². The third kappa shape index (κ3) is 5.07. The van der Waals surface area contributed by atoms with Crippen molar-refractivity contribution in [2.45, 2.75) is 26.8 Å². The van der Waals surface area contributed by atoms with Crippen molar-refractivity contribution in [3.8, 4) is 0 Å². The second kappa shape index (κ2) is 7.57. The minimum absolute atomic E-state index is 0. The first-order valence-corrected chi connectivity index (χ1v) is 6.41. The van der Waals surface area contributed by atoms with Gasteiger partial charge in [-0.05, 0) is 31.5 Å². The van der Waals surface area contributed by atoms with E-state index in [4.69, 9.17) is 5.73 Å². The largest absolute Gasteiger partial charge is 0.330 e. The van der Waals surface area contributed by atoms with Crippen molar-refractivity contribution in [2.75, 3.05) is 20.1 Å². The van der Waals surface area contributed by atoms with Crippen LogP contribution in [0.3, 0.4) is 0 Å². The molecule has 0 aromatic heterocycles. The van der Waals surface area contributed by atoms with E-state index in [0.717, 1.165) is 12.1 Å². The van der Waals surface area contributed by atoms with Crippen LogP contribution in [0, 0.1) is 15.5 Å². The lowest BCUT2D eigenvalue weighted by Crippen LogP contribution is -2.37. The van der Waals surface area contributed by atoms with Gasteiger partial charge in [-0.15, -0.1) is 12.4 Å². The van der Waals surface area contributed by atoms with Gasteiger partial charge in [-0.1, -0.05) is 26.0 Å². The summed E-state index contributed by atoms with van der Waals surface area (Å²) in [6.07, 6.45) is 0. The second-order valence-corrected chi connectivity index (χ2v) is 5.81. The number of nitro benzene ring substituents is 1. The Bertz CT molecular complexity index is 452. The van der Waals surface area contributed by atoms with Crippen LogP contribution in [0.1, 0.15) is 32.4 Å². The number of non-ortho nitro benzene ring substituents is 1. The molecular formula is C14H24ClN3O2. The number of nitro groups is 1. The summed E-state index contributed by atoms with van der Waals surface area (Å²) in [4.78, 5) is 12.6. The zero-order valence-corrected chi connectivity index (χ0v) is 13.3. The number of benzene rings is 1. The Morgan fingerprint density at radius 2 is 2.05 bits per heavy atom. The average Bonchev–Trinajstić information content (AvgIpc) is 2.37. The maximum Gasteiger partial charge on any atom is 0.269 e. The highest BCUT2D eigenvalue weighted by Gasteiger charge is 2.22. The molecule has 0 saturated carbocycles. The van der Waals surface area contributed by atoms with Crippen LogP contribution < -0.4 is 5.73 Å². The molecule has 0 radical (unpaired) electrons. The van der Waals surface area contributed by atoms with Crippen LogP contribution in [-0.2, 0) is 0 Å². The molecule has 0 heterocycles. The molecule has 1 unspecified atom stereocenters. The third-order valence-corrected chi connectivity index (χ3v) is 3.45. The van der Waals surface area contributed by atoms with Gasteiger partial charge in [-0.2, -0.15) is 0 Å². The molecule has 0 aliphatic carbocycles. The Kier molecular flexibility index (Phi) is 7.13. The smallest absolute Gasteiger partial charge is 0.269 e. The first-order chi connectivity index (χ1) is 8.76. The summed E-state index contributed by atoms with van der Waals surface area (Å²) in [6.45, 7) is 7.73. The molecule has 1 atom stereocenters. The topological polar surface area (TPSA) is 72.4 Å². The molecule has 1 aromatic carbocycles. The van der Waals surface area contributed by atoms with E-state index in [1.165, 1.54) is 6.07 Å². The van der Waals surface area contributed by atoms with E-state index in [-0.39, 0.29) is 34.5 Å². The molecule has 5 nitrogen and oxygen atoms in total. The average molecular weight is 302 g/mol. The lowest BCUT2D eigenvalue weighted by Gasteiger charge is -2.33. The quantitative estimate of drug-likeness (QED) is 0.647. The molecule has 0 bridgehead atoms. The number of nitrogens with two attached hydrogens (primary N) is 1. The summed E-state index contributed by atoms with van der Waals surface area (Å²) >= 11 is 0. The second-order valence-electron chi connectivity index (χ2n) is 5.81. The van der Waals surface area contributed by atoms with Crippen LogP contribution in [0.4, 0.5) is 5.69 Å². The number of halogens is 1. The monoisotopic (exact) mass is 301 g/mol. The molecule has 1 aromatic rings. The van der Waals surface area contributed by atoms with Gasteiger partial charge in [-0.25, -0.2) is 0 Å². The van der Waals surface area contributed by atoms with Crippen LogP contribution in [0.25, 0.3) is 0 Å². The Morgan fingerprint density at radius 3 is 2.55 bits per heavy atom. The van der Waals surface area contributed by atoms with Crippen molar-refractivity contribution in [1.29, 1.82) is 0 Å². The van der Waals surface area contributed by atoms with Crippen molar-refractivity contribution in [3.63, 3.8) is 0 Å². The van der Waals surface area contributed by atoms with Crippen LogP contribution in [-0.4, -0.2) is 30.0 Å². The zero-order chi connectivity index (χ0) is 14.6. The van der Waals surface area contributed by atoms with Crippen LogP contribution in [0.5, 0.6) is 0 Å². The van der Waals surface area contributed by atoms with Gasteiger partial charge in [0.25, 0.3) is 5.69 Å². The molecular weight excluding hydrogens is 278 g/mol. The molecule has 6 heteroatoms. The Balaban J connectivity index is 0.00000361. The van der Waals surface area contributed by atoms with Crippen molar-refractivity contribution >= 4 is 18.1 Å². The predicted octanol–water partition coefficient (Wildman–Crippen LogP) is 2.99. The van der Waals surface area contributed by atoms with Crippen molar-refractivity contribution in [2.24, 2.45) is 11.1 Å². The number of rotatable bonds is 6. The SMILES string of the molecule is CC(c1cccc([N+](=O)[O-])c1)N(C)CC(C)(C)CN.Cl. The molecule has 20 heavy (non-hydrogen) atoms. The van der Waals surface area contributed by atoms with Gasteiger partial charge in [-0.3, -0.25) is 15.0 Å². The highest BCUT2D eigenvalue weighted by atomic mass is 35.5. The molecule has 0 fully saturated rings. The maximum absolute atomic E-state index is 10.8. The van der Waals surface area contributed by atoms with E-state index >= 15 is 0 Å². The molecule has 0 aliphatic heterocycles. The number of hydrogen-bond acceptors (Lipinski definition) is 4. The van der Waals surface area contributed by atoms with E-state index in [0.29, 0.717) is 6.54 Å². The normalized spacial score (nSPS) is 12.9. The van der Waals surface area contributed by atoms with Gasteiger partial charge >= 0.3 is 0 Å². The van der Waals surface area contributed by atoms with Gasteiger partial charge < -0.3 is 5.73 Å². The van der Waals surface area contributed by atoms with E-state index in [1.807, 2.05) is 20.0 Å². The number of hydrogen-bond donors (Lipinski definition) is 1. The van der Waals surface area contributed by atoms with Gasteiger partial charge in [0, 0.05) is 24.7 Å². The molecule has 0 spiro atoms. The summed E-state index contributed by atoms with van der Waals surface area (Å²) in [5, 5.41) is 10.8. The lowest BCUT2D eigenvalue weighted by atomic mass is 9.92. The molecule has 0 aliphatic rings. The fraction of sp³-hybridized carbons (Fsp3) is 0.571. The van der Waals surface area contributed by atoms with Crippen LogP contribution in [0.2, 0.25) is 0 Å². The summed E-state index contributed by atoms with van der Waals surface area (Å²) in [5.74, 6) is 0.